The summed E-state index contributed by atoms with van der Waals surface area (Å²) in [5.41, 5.74) is 26.6. The van der Waals surface area contributed by atoms with E-state index in [1.807, 2.05) is 55.6 Å². The van der Waals surface area contributed by atoms with Gasteiger partial charge in [0, 0.05) is 51.9 Å². The zero-order valence-electron chi connectivity index (χ0n) is 23.3. The fourth-order valence-corrected chi connectivity index (χ4v) is 5.89. The van der Waals surface area contributed by atoms with Gasteiger partial charge in [0.2, 0.25) is 0 Å². The van der Waals surface area contributed by atoms with Crippen LogP contribution in [0.1, 0.15) is 66.8 Å². The van der Waals surface area contributed by atoms with Gasteiger partial charge in [-0.3, -0.25) is 0 Å². The fourth-order valence-electron chi connectivity index (χ4n) is 5.89. The van der Waals surface area contributed by atoms with Gasteiger partial charge >= 0.3 is 0 Å². The second kappa shape index (κ2) is 11.8. The Bertz CT molecular complexity index is 1510. The summed E-state index contributed by atoms with van der Waals surface area (Å²) in [5, 5.41) is 48.9. The van der Waals surface area contributed by atoms with Gasteiger partial charge in [0.1, 0.15) is 23.0 Å². The molecule has 8 heteroatoms. The van der Waals surface area contributed by atoms with E-state index in [0.717, 1.165) is 22.3 Å². The highest BCUT2D eigenvalue weighted by Crippen LogP contribution is 2.39. The van der Waals surface area contributed by atoms with Crippen LogP contribution in [0.2, 0.25) is 0 Å². The molecule has 0 unspecified atom stereocenters. The summed E-state index contributed by atoms with van der Waals surface area (Å²) in [6.45, 7) is 1.39. The van der Waals surface area contributed by atoms with Gasteiger partial charge in [0.25, 0.3) is 0 Å². The van der Waals surface area contributed by atoms with Crippen molar-refractivity contribution in [3.05, 3.63) is 115 Å². The van der Waals surface area contributed by atoms with E-state index < -0.39 is 0 Å². The van der Waals surface area contributed by atoms with Crippen molar-refractivity contribution in [1.82, 2.24) is 5.32 Å². The monoisotopic (exact) mass is 554 g/mol. The average molecular weight is 555 g/mol. The summed E-state index contributed by atoms with van der Waals surface area (Å²) >= 11 is 0. The minimum atomic E-state index is 0.0899. The summed E-state index contributed by atoms with van der Waals surface area (Å²) in [5.74, 6) is 0.408. The molecule has 0 saturated heterocycles. The number of phenols is 4. The van der Waals surface area contributed by atoms with Crippen LogP contribution in [-0.2, 0) is 51.9 Å². The highest BCUT2D eigenvalue weighted by Gasteiger charge is 2.21. The lowest BCUT2D eigenvalue weighted by atomic mass is 9.88. The SMILES string of the molecule is CNCc1cc2c(O)c(c1)Cc1cc(CN)cc(c1O)Cc1cc(CN)cc(c1O)Cc1cc(CN)cc(c1O)C2. The van der Waals surface area contributed by atoms with Crippen LogP contribution in [0.15, 0.2) is 48.5 Å². The van der Waals surface area contributed by atoms with Crippen LogP contribution in [0.5, 0.6) is 23.0 Å². The van der Waals surface area contributed by atoms with Gasteiger partial charge in [-0.25, -0.2) is 0 Å². The van der Waals surface area contributed by atoms with E-state index in [1.165, 1.54) is 0 Å². The molecule has 11 N–H and O–H groups in total. The number of hydrogen-bond donors (Lipinski definition) is 8. The molecule has 1 aliphatic rings. The Hall–Kier alpha value is -4.08. The number of nitrogens with two attached hydrogens (primary N) is 3. The predicted octanol–water partition coefficient (Wildman–Crippen LogP) is 3.28. The van der Waals surface area contributed by atoms with Crippen LogP contribution in [0, 0.1) is 0 Å². The largest absolute Gasteiger partial charge is 0.507 e. The van der Waals surface area contributed by atoms with E-state index in [-0.39, 0.29) is 68.3 Å². The summed E-state index contributed by atoms with van der Waals surface area (Å²) in [6, 6.07) is 15.0. The van der Waals surface area contributed by atoms with E-state index in [4.69, 9.17) is 17.2 Å². The van der Waals surface area contributed by atoms with Gasteiger partial charge in [-0.15, -0.1) is 0 Å². The molecule has 0 heterocycles. The lowest BCUT2D eigenvalue weighted by Crippen LogP contribution is -2.08. The van der Waals surface area contributed by atoms with Crippen molar-refractivity contribution in [2.45, 2.75) is 51.9 Å². The highest BCUT2D eigenvalue weighted by atomic mass is 16.3. The zero-order chi connectivity index (χ0) is 29.3. The summed E-state index contributed by atoms with van der Waals surface area (Å²) in [7, 11) is 1.86. The van der Waals surface area contributed by atoms with Gasteiger partial charge in [-0.05, 0) is 73.8 Å². The quantitative estimate of drug-likeness (QED) is 0.164. The average Bonchev–Trinajstić information content (AvgIpc) is 2.96. The number of fused-ring (bicyclic) bond motifs is 8. The molecule has 0 aromatic heterocycles. The Kier molecular flexibility index (Phi) is 8.19. The first kappa shape index (κ1) is 28.4. The third kappa shape index (κ3) is 5.73. The maximum Gasteiger partial charge on any atom is 0.122 e. The molecule has 0 spiro atoms. The van der Waals surface area contributed by atoms with Crippen LogP contribution in [-0.4, -0.2) is 27.5 Å². The molecule has 41 heavy (non-hydrogen) atoms. The zero-order valence-corrected chi connectivity index (χ0v) is 23.3. The lowest BCUT2D eigenvalue weighted by molar-refractivity contribution is 0.450. The van der Waals surface area contributed by atoms with Gasteiger partial charge in [0.05, 0.1) is 0 Å². The maximum atomic E-state index is 11.5. The number of nitrogens with one attached hydrogen (secondary N) is 1. The molecule has 1 aliphatic carbocycles. The summed E-state index contributed by atoms with van der Waals surface area (Å²) < 4.78 is 0. The normalized spacial score (nSPS) is 12.9. The summed E-state index contributed by atoms with van der Waals surface area (Å²) in [6.07, 6.45) is 1.03. The Balaban J connectivity index is 1.80. The molecule has 5 rings (SSSR count). The number of phenolic OH excluding ortho intramolecular Hbond substituents is 4. The minimum absolute atomic E-state index is 0.0899. The van der Waals surface area contributed by atoms with E-state index in [2.05, 4.69) is 5.32 Å². The maximum absolute atomic E-state index is 11.5. The molecule has 8 bridgehead atoms. The molecule has 214 valence electrons. The molecule has 4 aromatic carbocycles. The van der Waals surface area contributed by atoms with Crippen LogP contribution in [0.25, 0.3) is 0 Å². The molecule has 0 amide bonds. The molecule has 4 aromatic rings. The highest BCUT2D eigenvalue weighted by molar-refractivity contribution is 5.57. The molecule has 0 saturated carbocycles. The number of aromatic hydroxyl groups is 4. The first-order chi connectivity index (χ1) is 19.7. The third-order valence-electron chi connectivity index (χ3n) is 7.92. The van der Waals surface area contributed by atoms with Crippen LogP contribution in [0.3, 0.4) is 0 Å². The Labute approximate surface area is 240 Å². The first-order valence-corrected chi connectivity index (χ1v) is 13.8. The van der Waals surface area contributed by atoms with E-state index in [9.17, 15) is 20.4 Å². The van der Waals surface area contributed by atoms with E-state index >= 15 is 0 Å². The van der Waals surface area contributed by atoms with Crippen molar-refractivity contribution in [1.29, 1.82) is 0 Å². The molecule has 0 radical (unpaired) electrons. The molecular formula is C33H38N4O4. The number of rotatable bonds is 5. The molecule has 0 fully saturated rings. The molecule has 0 aliphatic heterocycles. The Morgan fingerprint density at radius 2 is 0.683 bits per heavy atom. The van der Waals surface area contributed by atoms with Crippen molar-refractivity contribution in [3.8, 4) is 23.0 Å². The second-order valence-corrected chi connectivity index (χ2v) is 10.9. The van der Waals surface area contributed by atoms with Crippen molar-refractivity contribution in [2.24, 2.45) is 17.2 Å². The lowest BCUT2D eigenvalue weighted by Gasteiger charge is -2.20. The van der Waals surface area contributed by atoms with Crippen molar-refractivity contribution < 1.29 is 20.4 Å². The second-order valence-electron chi connectivity index (χ2n) is 10.9. The van der Waals surface area contributed by atoms with Gasteiger partial charge in [-0.1, -0.05) is 48.5 Å². The van der Waals surface area contributed by atoms with Gasteiger partial charge in [-0.2, -0.15) is 0 Å². The molecular weight excluding hydrogens is 516 g/mol. The standard InChI is InChI=1S/C33H38N4O4/c1-37-17-21-8-28-12-26-6-19(15-35)4-24(31(26)39)10-22-2-18(14-34)3-23(30(22)38)11-25-5-20(16-36)7-27(32(25)40)13-29(9-21)33(28)41/h2-9,37-41H,10-17,34-36H2,1H3. The Morgan fingerprint density at radius 1 is 0.463 bits per heavy atom. The van der Waals surface area contributed by atoms with Crippen molar-refractivity contribution in [2.75, 3.05) is 7.05 Å². The first-order valence-electron chi connectivity index (χ1n) is 13.8. The number of benzene rings is 4. The summed E-state index contributed by atoms with van der Waals surface area (Å²) in [4.78, 5) is 0. The predicted molar refractivity (Wildman–Crippen MR) is 160 cm³/mol. The van der Waals surface area contributed by atoms with Crippen LogP contribution >= 0.6 is 0 Å². The number of hydrogen-bond acceptors (Lipinski definition) is 8. The van der Waals surface area contributed by atoms with Crippen molar-refractivity contribution in [3.63, 3.8) is 0 Å². The van der Waals surface area contributed by atoms with Gasteiger partial charge < -0.3 is 42.9 Å². The van der Waals surface area contributed by atoms with Crippen molar-refractivity contribution >= 4 is 0 Å². The van der Waals surface area contributed by atoms with E-state index in [1.54, 1.807) is 0 Å². The molecule has 8 nitrogen and oxygen atoms in total. The minimum Gasteiger partial charge on any atom is -0.507 e. The van der Waals surface area contributed by atoms with Crippen LogP contribution in [0.4, 0.5) is 0 Å². The Morgan fingerprint density at radius 3 is 0.878 bits per heavy atom. The van der Waals surface area contributed by atoms with Crippen LogP contribution < -0.4 is 22.5 Å². The smallest absolute Gasteiger partial charge is 0.122 e. The topological polar surface area (TPSA) is 171 Å². The third-order valence-corrected chi connectivity index (χ3v) is 7.92. The fraction of sp³-hybridized carbons (Fsp3) is 0.273. The molecule has 0 atom stereocenters. The van der Waals surface area contributed by atoms with Gasteiger partial charge in [0.15, 0.2) is 0 Å². The van der Waals surface area contributed by atoms with E-state index in [0.29, 0.717) is 51.1 Å².